The minimum absolute atomic E-state index is 0.0611. The van der Waals surface area contributed by atoms with Gasteiger partial charge in [-0.15, -0.1) is 0 Å². The highest BCUT2D eigenvalue weighted by molar-refractivity contribution is 6.03. The first-order valence-corrected chi connectivity index (χ1v) is 9.94. The fraction of sp³-hybridized carbons (Fsp3) is 0.0833. The molecule has 33 heavy (non-hydrogen) atoms. The molecular formula is C24H16F3N5O. The molecule has 4 aromatic rings. The van der Waals surface area contributed by atoms with Crippen molar-refractivity contribution < 1.29 is 17.9 Å². The number of alkyl halides is 2. The lowest BCUT2D eigenvalue weighted by Gasteiger charge is -2.29. The van der Waals surface area contributed by atoms with Crippen LogP contribution in [0.2, 0.25) is 0 Å². The van der Waals surface area contributed by atoms with E-state index in [0.29, 0.717) is 11.1 Å². The quantitative estimate of drug-likeness (QED) is 0.380. The number of halogens is 3. The molecule has 0 spiro atoms. The average molecular weight is 447 g/mol. The lowest BCUT2D eigenvalue weighted by Crippen LogP contribution is -2.34. The summed E-state index contributed by atoms with van der Waals surface area (Å²) < 4.78 is 42.1. The highest BCUT2D eigenvalue weighted by Gasteiger charge is 2.45. The molecule has 0 saturated carbocycles. The van der Waals surface area contributed by atoms with Crippen LogP contribution in [0.15, 0.2) is 84.5 Å². The molecule has 0 fully saturated rings. The topological polar surface area (TPSA) is 91.1 Å². The van der Waals surface area contributed by atoms with Crippen molar-refractivity contribution in [1.29, 1.82) is 0 Å². The summed E-state index contributed by atoms with van der Waals surface area (Å²) in [6.07, 6.45) is 2.66. The summed E-state index contributed by atoms with van der Waals surface area (Å²) in [6, 6.07) is 14.1. The third-order valence-corrected chi connectivity index (χ3v) is 5.71. The summed E-state index contributed by atoms with van der Waals surface area (Å²) in [6.45, 7) is 0. The van der Waals surface area contributed by atoms with Gasteiger partial charge in [-0.25, -0.2) is 19.4 Å². The zero-order chi connectivity index (χ0) is 23.2. The van der Waals surface area contributed by atoms with E-state index in [4.69, 9.17) is 5.73 Å². The van der Waals surface area contributed by atoms with Crippen molar-refractivity contribution in [2.45, 2.75) is 12.0 Å². The average Bonchev–Trinajstić information content (AvgIpc) is 3.14. The zero-order valence-corrected chi connectivity index (χ0v) is 17.0. The van der Waals surface area contributed by atoms with Gasteiger partial charge in [0.2, 0.25) is 0 Å². The number of nitrogens with zero attached hydrogens (tertiary/aromatic N) is 4. The van der Waals surface area contributed by atoms with Gasteiger partial charge in [0.1, 0.15) is 23.5 Å². The Morgan fingerprint density at radius 2 is 1.67 bits per heavy atom. The van der Waals surface area contributed by atoms with Crippen LogP contribution in [0, 0.1) is 11.0 Å². The van der Waals surface area contributed by atoms with E-state index in [2.05, 4.69) is 15.0 Å². The van der Waals surface area contributed by atoms with Crippen LogP contribution in [-0.2, 0) is 5.54 Å². The Labute approximate surface area is 186 Å². The molecule has 2 aromatic heterocycles. The summed E-state index contributed by atoms with van der Waals surface area (Å²) >= 11 is 0. The molecule has 2 N–H and O–H groups in total. The van der Waals surface area contributed by atoms with Crippen LogP contribution in [0.1, 0.15) is 34.4 Å². The highest BCUT2D eigenvalue weighted by atomic mass is 19.3. The first kappa shape index (κ1) is 20.6. The van der Waals surface area contributed by atoms with E-state index in [1.807, 2.05) is 6.07 Å². The fourth-order valence-corrected chi connectivity index (χ4v) is 4.25. The number of rotatable bonds is 4. The lowest BCUT2D eigenvalue weighted by atomic mass is 9.77. The van der Waals surface area contributed by atoms with Gasteiger partial charge in [-0.3, -0.25) is 0 Å². The minimum atomic E-state index is -3.01. The second-order valence-corrected chi connectivity index (χ2v) is 7.54. The van der Waals surface area contributed by atoms with Crippen LogP contribution in [0.4, 0.5) is 13.2 Å². The van der Waals surface area contributed by atoms with Crippen molar-refractivity contribution in [2.24, 2.45) is 10.7 Å². The summed E-state index contributed by atoms with van der Waals surface area (Å²) in [5.74, 6) is -0.638. The molecule has 164 valence electrons. The second kappa shape index (κ2) is 7.70. The Morgan fingerprint density at radius 1 is 0.939 bits per heavy atom. The summed E-state index contributed by atoms with van der Waals surface area (Å²) in [5.41, 5.74) is 6.75. The third kappa shape index (κ3) is 3.20. The predicted molar refractivity (Wildman–Crippen MR) is 115 cm³/mol. The fourth-order valence-electron chi connectivity index (χ4n) is 4.25. The molecule has 0 saturated heterocycles. The maximum Gasteiger partial charge on any atom is 0.322 e. The number of fused-ring (bicyclic) bond motifs is 1. The number of aliphatic imine (C=N–C) groups is 1. The second-order valence-electron chi connectivity index (χ2n) is 7.54. The van der Waals surface area contributed by atoms with Crippen LogP contribution < -0.4 is 10.5 Å². The smallest absolute Gasteiger partial charge is 0.322 e. The van der Waals surface area contributed by atoms with Crippen molar-refractivity contribution in [1.82, 2.24) is 9.97 Å². The van der Waals surface area contributed by atoms with Gasteiger partial charge in [-0.2, -0.15) is 13.5 Å². The molecule has 5 rings (SSSR count). The maximum atomic E-state index is 14.8. The molecule has 3 heterocycles. The first-order chi connectivity index (χ1) is 15.9. The van der Waals surface area contributed by atoms with Gasteiger partial charge in [0.25, 0.3) is 5.69 Å². The van der Waals surface area contributed by atoms with Crippen LogP contribution in [-0.4, -0.2) is 15.8 Å². The molecule has 0 unspecified atom stereocenters. The molecule has 0 bridgehead atoms. The van der Waals surface area contributed by atoms with Crippen molar-refractivity contribution >= 4 is 5.84 Å². The van der Waals surface area contributed by atoms with Gasteiger partial charge in [0.05, 0.1) is 5.56 Å². The number of benzene rings is 2. The lowest BCUT2D eigenvalue weighted by molar-refractivity contribution is -0.619. The van der Waals surface area contributed by atoms with E-state index in [-0.39, 0.29) is 21.7 Å². The molecule has 0 radical (unpaired) electrons. The number of hydrogen-bond acceptors (Lipinski definition) is 5. The van der Waals surface area contributed by atoms with E-state index in [1.165, 1.54) is 24.5 Å². The molecule has 2 aromatic carbocycles. The van der Waals surface area contributed by atoms with Crippen LogP contribution in [0.3, 0.4) is 0 Å². The number of aromatic nitrogens is 3. The Balaban J connectivity index is 1.83. The molecule has 1 atom stereocenters. The zero-order valence-electron chi connectivity index (χ0n) is 17.0. The Bertz CT molecular complexity index is 1390. The maximum absolute atomic E-state index is 14.8. The SMILES string of the molecule is NC1=N[C@@](c2cccc(-c3cncnc3)c2)(c2cc[n+]([O-])c(C(F)F)c2)c2cccc(F)c21. The monoisotopic (exact) mass is 447 g/mol. The molecular weight excluding hydrogens is 431 g/mol. The number of amidine groups is 1. The molecule has 1 aliphatic rings. The molecule has 0 aliphatic carbocycles. The number of pyridine rings is 1. The summed E-state index contributed by atoms with van der Waals surface area (Å²) in [5, 5.41) is 12.0. The summed E-state index contributed by atoms with van der Waals surface area (Å²) in [7, 11) is 0. The predicted octanol–water partition coefficient (Wildman–Crippen LogP) is 3.86. The van der Waals surface area contributed by atoms with E-state index in [0.717, 1.165) is 23.4 Å². The van der Waals surface area contributed by atoms with Gasteiger partial charge in [0.15, 0.2) is 6.20 Å². The van der Waals surface area contributed by atoms with Crippen molar-refractivity contribution in [3.8, 4) is 11.1 Å². The van der Waals surface area contributed by atoms with Crippen LogP contribution >= 0.6 is 0 Å². The van der Waals surface area contributed by atoms with Gasteiger partial charge in [0, 0.05) is 41.2 Å². The van der Waals surface area contributed by atoms with Crippen molar-refractivity contribution in [3.63, 3.8) is 0 Å². The third-order valence-electron chi connectivity index (χ3n) is 5.71. The summed E-state index contributed by atoms with van der Waals surface area (Å²) in [4.78, 5) is 12.7. The first-order valence-electron chi connectivity index (χ1n) is 9.94. The molecule has 1 aliphatic heterocycles. The van der Waals surface area contributed by atoms with Crippen LogP contribution in [0.5, 0.6) is 0 Å². The van der Waals surface area contributed by atoms with E-state index >= 15 is 0 Å². The molecule has 6 nitrogen and oxygen atoms in total. The number of hydrogen-bond donors (Lipinski definition) is 1. The molecule has 0 amide bonds. The Kier molecular flexibility index (Phi) is 4.81. The normalized spacial score (nSPS) is 17.2. The van der Waals surface area contributed by atoms with E-state index < -0.39 is 23.5 Å². The van der Waals surface area contributed by atoms with Gasteiger partial charge >= 0.3 is 6.43 Å². The van der Waals surface area contributed by atoms with Gasteiger partial charge < -0.3 is 10.9 Å². The van der Waals surface area contributed by atoms with E-state index in [1.54, 1.807) is 36.7 Å². The highest BCUT2D eigenvalue weighted by Crippen LogP contribution is 2.47. The number of nitrogens with two attached hydrogens (primary N) is 1. The van der Waals surface area contributed by atoms with Crippen molar-refractivity contribution in [3.05, 3.63) is 118 Å². The van der Waals surface area contributed by atoms with Gasteiger partial charge in [-0.05, 0) is 23.3 Å². The van der Waals surface area contributed by atoms with Crippen molar-refractivity contribution in [2.75, 3.05) is 0 Å². The van der Waals surface area contributed by atoms with Gasteiger partial charge in [-0.1, -0.05) is 30.3 Å². The standard InChI is InChI=1S/C24H16F3N5O/c25-19-6-2-5-18-21(19)23(28)31-24(18,17-7-8-32(33)20(10-17)22(26)27)16-4-1-3-14(9-16)15-11-29-13-30-12-15/h1-13,22H,(H2,28,31)/t24-/m0/s1. The largest absolute Gasteiger partial charge is 0.618 e. The Hall–Kier alpha value is -4.27. The molecule has 9 heteroatoms. The van der Waals surface area contributed by atoms with E-state index in [9.17, 15) is 18.4 Å². The Morgan fingerprint density at radius 3 is 2.42 bits per heavy atom. The van der Waals surface area contributed by atoms with Crippen LogP contribution in [0.25, 0.3) is 11.1 Å². The minimum Gasteiger partial charge on any atom is -0.618 e.